The van der Waals surface area contributed by atoms with Crippen molar-refractivity contribution in [1.29, 1.82) is 0 Å². The van der Waals surface area contributed by atoms with E-state index < -0.39 is 5.97 Å². The van der Waals surface area contributed by atoms with Crippen LogP contribution in [0, 0.1) is 6.92 Å². The van der Waals surface area contributed by atoms with Crippen LogP contribution in [-0.4, -0.2) is 39.8 Å². The van der Waals surface area contributed by atoms with Crippen molar-refractivity contribution in [2.45, 2.75) is 13.5 Å². The maximum Gasteiger partial charge on any atom is 0.331 e. The quantitative estimate of drug-likeness (QED) is 0.471. The molecular formula is C21H20ClN3O3. The second-order valence-corrected chi connectivity index (χ2v) is 6.69. The first-order valence-corrected chi connectivity index (χ1v) is 9.09. The van der Waals surface area contributed by atoms with Crippen molar-refractivity contribution in [3.63, 3.8) is 0 Å². The van der Waals surface area contributed by atoms with Gasteiger partial charge in [0.25, 0.3) is 5.91 Å². The van der Waals surface area contributed by atoms with Crippen LogP contribution in [-0.2, 0) is 20.9 Å². The first-order valence-electron chi connectivity index (χ1n) is 8.71. The Bertz CT molecular complexity index is 1040. The molecule has 0 spiro atoms. The highest BCUT2D eigenvalue weighted by atomic mass is 35.5. The molecule has 0 bridgehead atoms. The monoisotopic (exact) mass is 397 g/mol. The minimum atomic E-state index is -0.625. The molecule has 1 amide bonds. The van der Waals surface area contributed by atoms with E-state index in [1.807, 2.05) is 49.4 Å². The highest BCUT2D eigenvalue weighted by Gasteiger charge is 2.13. The molecule has 0 aliphatic rings. The van der Waals surface area contributed by atoms with Crippen molar-refractivity contribution < 1.29 is 14.3 Å². The van der Waals surface area contributed by atoms with Crippen LogP contribution >= 0.6 is 11.6 Å². The van der Waals surface area contributed by atoms with Gasteiger partial charge in [0.1, 0.15) is 5.65 Å². The molecule has 0 saturated heterocycles. The molecule has 0 fully saturated rings. The van der Waals surface area contributed by atoms with Gasteiger partial charge < -0.3 is 9.64 Å². The molecule has 0 radical (unpaired) electrons. The van der Waals surface area contributed by atoms with Gasteiger partial charge in [-0.3, -0.25) is 9.20 Å². The Morgan fingerprint density at radius 2 is 1.96 bits per heavy atom. The fourth-order valence-corrected chi connectivity index (χ4v) is 2.95. The number of carbonyl (C=O) groups excluding carboxylic acids is 2. The average Bonchev–Trinajstić information content (AvgIpc) is 3.01. The molecular weight excluding hydrogens is 378 g/mol. The molecule has 0 aliphatic carbocycles. The Balaban J connectivity index is 1.56. The van der Waals surface area contributed by atoms with Crippen molar-refractivity contribution in [2.24, 2.45) is 0 Å². The Morgan fingerprint density at radius 3 is 2.75 bits per heavy atom. The lowest BCUT2D eigenvalue weighted by molar-refractivity contribution is -0.147. The van der Waals surface area contributed by atoms with Crippen LogP contribution in [0.15, 0.2) is 54.7 Å². The zero-order valence-corrected chi connectivity index (χ0v) is 16.4. The van der Waals surface area contributed by atoms with Gasteiger partial charge in [-0.2, -0.15) is 0 Å². The van der Waals surface area contributed by atoms with Crippen molar-refractivity contribution in [3.8, 4) is 0 Å². The number of amides is 1. The number of aromatic nitrogens is 2. The molecule has 6 nitrogen and oxygen atoms in total. The fraction of sp³-hybridized carbons (Fsp3) is 0.190. The summed E-state index contributed by atoms with van der Waals surface area (Å²) >= 11 is 6.11. The van der Waals surface area contributed by atoms with E-state index in [2.05, 4.69) is 4.98 Å². The predicted octanol–water partition coefficient (Wildman–Crippen LogP) is 3.51. The van der Waals surface area contributed by atoms with Gasteiger partial charge in [0, 0.05) is 25.9 Å². The van der Waals surface area contributed by atoms with Crippen molar-refractivity contribution in [3.05, 3.63) is 76.7 Å². The third-order valence-electron chi connectivity index (χ3n) is 4.33. The van der Waals surface area contributed by atoms with Crippen LogP contribution in [0.2, 0.25) is 5.15 Å². The molecule has 2 heterocycles. The zero-order valence-electron chi connectivity index (χ0n) is 15.6. The molecule has 0 atom stereocenters. The van der Waals surface area contributed by atoms with Gasteiger partial charge >= 0.3 is 5.97 Å². The van der Waals surface area contributed by atoms with E-state index in [1.165, 1.54) is 17.1 Å². The molecule has 144 valence electrons. The summed E-state index contributed by atoms with van der Waals surface area (Å²) in [4.78, 5) is 29.9. The van der Waals surface area contributed by atoms with Crippen LogP contribution in [0.25, 0.3) is 11.7 Å². The third kappa shape index (κ3) is 4.58. The number of pyridine rings is 1. The van der Waals surface area contributed by atoms with Gasteiger partial charge in [-0.15, -0.1) is 0 Å². The SMILES string of the molecule is Cc1ccccc1CN(C)C(=O)COC(=O)/C=C/c1c(Cl)nc2ccccn12. The summed E-state index contributed by atoms with van der Waals surface area (Å²) < 4.78 is 6.81. The second-order valence-electron chi connectivity index (χ2n) is 6.33. The normalized spacial score (nSPS) is 11.1. The van der Waals surface area contributed by atoms with Crippen LogP contribution < -0.4 is 0 Å². The number of carbonyl (C=O) groups is 2. The summed E-state index contributed by atoms with van der Waals surface area (Å²) in [5.41, 5.74) is 3.39. The zero-order chi connectivity index (χ0) is 20.1. The van der Waals surface area contributed by atoms with Gasteiger partial charge in [0.15, 0.2) is 11.8 Å². The van der Waals surface area contributed by atoms with E-state index in [0.717, 1.165) is 11.1 Å². The smallest absolute Gasteiger partial charge is 0.331 e. The van der Waals surface area contributed by atoms with Crippen molar-refractivity contribution in [2.75, 3.05) is 13.7 Å². The summed E-state index contributed by atoms with van der Waals surface area (Å²) in [7, 11) is 1.68. The van der Waals surface area contributed by atoms with E-state index in [-0.39, 0.29) is 17.7 Å². The van der Waals surface area contributed by atoms with Gasteiger partial charge in [-0.25, -0.2) is 9.78 Å². The van der Waals surface area contributed by atoms with Gasteiger partial charge in [-0.1, -0.05) is 41.9 Å². The molecule has 0 saturated carbocycles. The Morgan fingerprint density at radius 1 is 1.21 bits per heavy atom. The first kappa shape index (κ1) is 19.6. The number of fused-ring (bicyclic) bond motifs is 1. The predicted molar refractivity (Wildman–Crippen MR) is 108 cm³/mol. The summed E-state index contributed by atoms with van der Waals surface area (Å²) in [5, 5.41) is 0.282. The largest absolute Gasteiger partial charge is 0.452 e. The standard InChI is InChI=1S/C21H20ClN3O3/c1-15-7-3-4-8-16(15)13-24(2)19(26)14-28-20(27)11-10-17-21(22)23-18-9-5-6-12-25(17)18/h3-12H,13-14H2,1-2H3/b11-10+. The summed E-state index contributed by atoms with van der Waals surface area (Å²) in [6.07, 6.45) is 4.55. The first-order chi connectivity index (χ1) is 13.5. The number of benzene rings is 1. The summed E-state index contributed by atoms with van der Waals surface area (Å²) in [5.74, 6) is -0.905. The van der Waals surface area contributed by atoms with Crippen molar-refractivity contribution >= 4 is 35.2 Å². The average molecular weight is 398 g/mol. The number of rotatable bonds is 6. The van der Waals surface area contributed by atoms with E-state index >= 15 is 0 Å². The Kier molecular flexibility index (Phi) is 6.11. The topological polar surface area (TPSA) is 63.9 Å². The van der Waals surface area contributed by atoms with Crippen LogP contribution in [0.3, 0.4) is 0 Å². The second kappa shape index (κ2) is 8.71. The van der Waals surface area contributed by atoms with E-state index in [1.54, 1.807) is 17.6 Å². The number of imidazole rings is 1. The van der Waals surface area contributed by atoms with Gasteiger partial charge in [0.2, 0.25) is 0 Å². The lowest BCUT2D eigenvalue weighted by atomic mass is 10.1. The molecule has 2 aromatic heterocycles. The van der Waals surface area contributed by atoms with Crippen LogP contribution in [0.1, 0.15) is 16.8 Å². The number of nitrogens with zero attached hydrogens (tertiary/aromatic N) is 3. The molecule has 0 unspecified atom stereocenters. The maximum absolute atomic E-state index is 12.2. The Hall–Kier alpha value is -3.12. The number of likely N-dealkylation sites (N-methyl/N-ethyl adjacent to an activating group) is 1. The minimum absolute atomic E-state index is 0.280. The highest BCUT2D eigenvalue weighted by Crippen LogP contribution is 2.18. The minimum Gasteiger partial charge on any atom is -0.452 e. The van der Waals surface area contributed by atoms with Crippen molar-refractivity contribution in [1.82, 2.24) is 14.3 Å². The van der Waals surface area contributed by atoms with Crippen LogP contribution in [0.5, 0.6) is 0 Å². The molecule has 3 aromatic rings. The number of hydrogen-bond acceptors (Lipinski definition) is 4. The molecule has 1 aromatic carbocycles. The third-order valence-corrected chi connectivity index (χ3v) is 4.61. The van der Waals surface area contributed by atoms with Gasteiger partial charge in [0.05, 0.1) is 5.69 Å². The summed E-state index contributed by atoms with van der Waals surface area (Å²) in [6, 6.07) is 13.3. The highest BCUT2D eigenvalue weighted by molar-refractivity contribution is 6.31. The lowest BCUT2D eigenvalue weighted by Gasteiger charge is -2.18. The van der Waals surface area contributed by atoms with E-state index in [0.29, 0.717) is 17.9 Å². The number of ether oxygens (including phenoxy) is 1. The van der Waals surface area contributed by atoms with Crippen LogP contribution in [0.4, 0.5) is 0 Å². The molecule has 0 N–H and O–H groups in total. The van der Waals surface area contributed by atoms with E-state index in [9.17, 15) is 9.59 Å². The maximum atomic E-state index is 12.2. The summed E-state index contributed by atoms with van der Waals surface area (Å²) in [6.45, 7) is 2.12. The molecule has 3 rings (SSSR count). The number of halogens is 1. The Labute approximate surface area is 168 Å². The number of hydrogen-bond donors (Lipinski definition) is 0. The number of esters is 1. The lowest BCUT2D eigenvalue weighted by Crippen LogP contribution is -2.30. The van der Waals surface area contributed by atoms with Gasteiger partial charge in [-0.05, 0) is 36.3 Å². The molecule has 7 heteroatoms. The molecule has 28 heavy (non-hydrogen) atoms. The number of aryl methyl sites for hydroxylation is 1. The fourth-order valence-electron chi connectivity index (χ4n) is 2.70. The molecule has 0 aliphatic heterocycles. The van der Waals surface area contributed by atoms with E-state index in [4.69, 9.17) is 16.3 Å².